The van der Waals surface area contributed by atoms with Crippen molar-refractivity contribution in [3.8, 4) is 5.75 Å². The van der Waals surface area contributed by atoms with E-state index in [1.165, 1.54) is 5.56 Å². The lowest BCUT2D eigenvalue weighted by molar-refractivity contribution is -0.111. The van der Waals surface area contributed by atoms with Crippen LogP contribution in [-0.4, -0.2) is 44.1 Å². The molecule has 1 amide bonds. The summed E-state index contributed by atoms with van der Waals surface area (Å²) in [7, 11) is 4.06. The van der Waals surface area contributed by atoms with Crippen molar-refractivity contribution in [3.63, 3.8) is 0 Å². The summed E-state index contributed by atoms with van der Waals surface area (Å²) in [6.07, 6.45) is 3.50. The zero-order valence-electron chi connectivity index (χ0n) is 18.0. The second-order valence-electron chi connectivity index (χ2n) is 8.79. The number of likely N-dealkylation sites (N-methyl/N-ethyl adjacent to an activating group) is 1. The van der Waals surface area contributed by atoms with E-state index < -0.39 is 0 Å². The van der Waals surface area contributed by atoms with Crippen molar-refractivity contribution >= 4 is 23.4 Å². The molecule has 1 aliphatic heterocycles. The Labute approximate surface area is 173 Å². The van der Waals surface area contributed by atoms with Gasteiger partial charge in [0.2, 0.25) is 5.91 Å². The number of rotatable bonds is 5. The highest BCUT2D eigenvalue weighted by Gasteiger charge is 2.20. The number of fused-ring (bicyclic) bond motifs is 1. The molecule has 0 radical (unpaired) electrons. The van der Waals surface area contributed by atoms with Gasteiger partial charge in [-0.1, -0.05) is 45.0 Å². The highest BCUT2D eigenvalue weighted by atomic mass is 16.5. The summed E-state index contributed by atoms with van der Waals surface area (Å²) in [4.78, 5) is 14.4. The molecule has 2 N–H and O–H groups in total. The minimum atomic E-state index is -0.160. The Morgan fingerprint density at radius 1 is 1.21 bits per heavy atom. The van der Waals surface area contributed by atoms with Gasteiger partial charge >= 0.3 is 0 Å². The van der Waals surface area contributed by atoms with Crippen molar-refractivity contribution in [3.05, 3.63) is 59.7 Å². The number of hydrogen-bond donors (Lipinski definition) is 2. The number of hydrogen-bond acceptors (Lipinski definition) is 4. The summed E-state index contributed by atoms with van der Waals surface area (Å²) in [5.74, 6) is 0.655. The van der Waals surface area contributed by atoms with Crippen molar-refractivity contribution in [2.24, 2.45) is 0 Å². The first kappa shape index (κ1) is 20.9. The number of benzene rings is 2. The quantitative estimate of drug-likeness (QED) is 0.741. The van der Waals surface area contributed by atoms with Crippen LogP contribution in [0.2, 0.25) is 0 Å². The molecule has 1 unspecified atom stereocenters. The van der Waals surface area contributed by atoms with Crippen molar-refractivity contribution in [1.29, 1.82) is 0 Å². The van der Waals surface area contributed by atoms with Gasteiger partial charge in [-0.15, -0.1) is 0 Å². The molecule has 0 saturated heterocycles. The minimum Gasteiger partial charge on any atom is -0.485 e. The van der Waals surface area contributed by atoms with Crippen LogP contribution in [-0.2, 0) is 10.2 Å². The molecule has 29 heavy (non-hydrogen) atoms. The Bertz CT molecular complexity index is 880. The first-order valence-electron chi connectivity index (χ1n) is 9.99. The van der Waals surface area contributed by atoms with Crippen molar-refractivity contribution in [2.75, 3.05) is 37.8 Å². The Balaban J connectivity index is 1.59. The molecule has 0 aliphatic carbocycles. The molecule has 0 saturated carbocycles. The topological polar surface area (TPSA) is 53.6 Å². The molecule has 5 nitrogen and oxygen atoms in total. The maximum Gasteiger partial charge on any atom is 0.248 e. The molecule has 2 aromatic rings. The molecule has 0 spiro atoms. The summed E-state index contributed by atoms with van der Waals surface area (Å²) >= 11 is 0. The summed E-state index contributed by atoms with van der Waals surface area (Å²) in [5, 5.41) is 6.30. The van der Waals surface area contributed by atoms with Gasteiger partial charge in [0.15, 0.2) is 0 Å². The molecule has 3 rings (SSSR count). The van der Waals surface area contributed by atoms with Gasteiger partial charge < -0.3 is 20.3 Å². The molecule has 1 aliphatic rings. The number of carbonyl (C=O) groups is 1. The third kappa shape index (κ3) is 5.84. The molecule has 2 aromatic carbocycles. The van der Waals surface area contributed by atoms with E-state index in [0.717, 1.165) is 35.8 Å². The van der Waals surface area contributed by atoms with Gasteiger partial charge in [-0.25, -0.2) is 0 Å². The van der Waals surface area contributed by atoms with Gasteiger partial charge in [0.25, 0.3) is 0 Å². The average molecular weight is 394 g/mol. The molecule has 1 atom stereocenters. The van der Waals surface area contributed by atoms with Crippen LogP contribution in [0.15, 0.2) is 48.5 Å². The number of nitrogens with zero attached hydrogens (tertiary/aromatic N) is 1. The minimum absolute atomic E-state index is 0.116. The Hall–Kier alpha value is -2.79. The Kier molecular flexibility index (Phi) is 6.28. The van der Waals surface area contributed by atoms with Crippen LogP contribution in [0.4, 0.5) is 11.4 Å². The lowest BCUT2D eigenvalue weighted by Crippen LogP contribution is -2.39. The average Bonchev–Trinajstić information content (AvgIpc) is 2.65. The SMILES string of the molecule is CN(C)CC1CNc2cc(NC(=O)C=Cc3ccc(C(C)(C)C)cc3)ccc2O1. The maximum atomic E-state index is 12.3. The second kappa shape index (κ2) is 8.70. The molecule has 0 fully saturated rings. The van der Waals surface area contributed by atoms with Crippen LogP contribution in [0.5, 0.6) is 5.75 Å². The first-order chi connectivity index (χ1) is 13.7. The molecular formula is C24H31N3O2. The molecule has 154 valence electrons. The number of amides is 1. The van der Waals surface area contributed by atoms with Crippen LogP contribution in [0.1, 0.15) is 31.9 Å². The Morgan fingerprint density at radius 2 is 1.93 bits per heavy atom. The first-order valence-corrected chi connectivity index (χ1v) is 9.99. The fourth-order valence-corrected chi connectivity index (χ4v) is 3.25. The lowest BCUT2D eigenvalue weighted by atomic mass is 9.87. The number of nitrogens with one attached hydrogen (secondary N) is 2. The van der Waals surface area contributed by atoms with Gasteiger partial charge in [0.1, 0.15) is 11.9 Å². The zero-order valence-corrected chi connectivity index (χ0v) is 18.0. The third-order valence-corrected chi connectivity index (χ3v) is 4.83. The van der Waals surface area contributed by atoms with Crippen molar-refractivity contribution in [2.45, 2.75) is 32.3 Å². The highest BCUT2D eigenvalue weighted by molar-refractivity contribution is 6.02. The number of anilines is 2. The molecule has 0 aromatic heterocycles. The van der Waals surface area contributed by atoms with Crippen molar-refractivity contribution < 1.29 is 9.53 Å². The third-order valence-electron chi connectivity index (χ3n) is 4.83. The largest absolute Gasteiger partial charge is 0.485 e. The van der Waals surface area contributed by atoms with Crippen LogP contribution in [0, 0.1) is 0 Å². The summed E-state index contributed by atoms with van der Waals surface area (Å²) in [6, 6.07) is 14.0. The van der Waals surface area contributed by atoms with E-state index >= 15 is 0 Å². The second-order valence-corrected chi connectivity index (χ2v) is 8.79. The molecular weight excluding hydrogens is 362 g/mol. The molecule has 5 heteroatoms. The van der Waals surface area contributed by atoms with E-state index in [2.05, 4.69) is 48.4 Å². The van der Waals surface area contributed by atoms with Gasteiger partial charge in [-0.3, -0.25) is 4.79 Å². The van der Waals surface area contributed by atoms with Gasteiger partial charge in [0, 0.05) is 18.3 Å². The van der Waals surface area contributed by atoms with Crippen LogP contribution in [0.25, 0.3) is 6.08 Å². The van der Waals surface area contributed by atoms with Crippen LogP contribution < -0.4 is 15.4 Å². The standard InChI is InChI=1S/C24H31N3O2/c1-24(2,3)18-9-6-17(7-10-18)8-13-23(28)26-19-11-12-22-21(14-19)25-15-20(29-22)16-27(4)5/h6-14,20,25H,15-16H2,1-5H3,(H,26,28). The van der Waals surface area contributed by atoms with Gasteiger partial charge in [-0.2, -0.15) is 0 Å². The summed E-state index contributed by atoms with van der Waals surface area (Å²) in [5.41, 5.74) is 4.04. The van der Waals surface area contributed by atoms with E-state index in [1.54, 1.807) is 6.08 Å². The van der Waals surface area contributed by atoms with Crippen LogP contribution in [0.3, 0.4) is 0 Å². The smallest absolute Gasteiger partial charge is 0.248 e. The fourth-order valence-electron chi connectivity index (χ4n) is 3.25. The summed E-state index contributed by atoms with van der Waals surface area (Å²) in [6.45, 7) is 8.16. The lowest BCUT2D eigenvalue weighted by Gasteiger charge is -2.29. The Morgan fingerprint density at radius 3 is 2.59 bits per heavy atom. The molecule has 1 heterocycles. The zero-order chi connectivity index (χ0) is 21.0. The van der Waals surface area contributed by atoms with Gasteiger partial charge in [-0.05, 0) is 54.9 Å². The highest BCUT2D eigenvalue weighted by Crippen LogP contribution is 2.32. The number of carbonyl (C=O) groups excluding carboxylic acids is 1. The molecule has 0 bridgehead atoms. The van der Waals surface area contributed by atoms with E-state index in [4.69, 9.17) is 4.74 Å². The predicted octanol–water partition coefficient (Wildman–Crippen LogP) is 4.37. The monoisotopic (exact) mass is 393 g/mol. The van der Waals surface area contributed by atoms with Crippen LogP contribution >= 0.6 is 0 Å². The predicted molar refractivity (Wildman–Crippen MR) is 121 cm³/mol. The van der Waals surface area contributed by atoms with E-state index in [-0.39, 0.29) is 17.4 Å². The maximum absolute atomic E-state index is 12.3. The van der Waals surface area contributed by atoms with Gasteiger partial charge in [0.05, 0.1) is 12.2 Å². The summed E-state index contributed by atoms with van der Waals surface area (Å²) < 4.78 is 6.01. The van der Waals surface area contributed by atoms with E-state index in [1.807, 2.05) is 50.5 Å². The normalized spacial score (nSPS) is 16.3. The van der Waals surface area contributed by atoms with Crippen molar-refractivity contribution in [1.82, 2.24) is 4.90 Å². The van der Waals surface area contributed by atoms with E-state index in [0.29, 0.717) is 0 Å². The fraction of sp³-hybridized carbons (Fsp3) is 0.375. The number of ether oxygens (including phenoxy) is 1. The van der Waals surface area contributed by atoms with E-state index in [9.17, 15) is 4.79 Å².